The van der Waals surface area contributed by atoms with Crippen LogP contribution in [0.2, 0.25) is 0 Å². The quantitative estimate of drug-likeness (QED) is 0.879. The zero-order valence-corrected chi connectivity index (χ0v) is 13.2. The molecule has 112 valence electrons. The molecule has 0 aliphatic carbocycles. The van der Waals surface area contributed by atoms with E-state index in [4.69, 9.17) is 9.47 Å². The first-order chi connectivity index (χ1) is 10.1. The van der Waals surface area contributed by atoms with E-state index >= 15 is 0 Å². The Labute approximate surface area is 126 Å². The molecule has 0 fully saturated rings. The summed E-state index contributed by atoms with van der Waals surface area (Å²) >= 11 is 0. The summed E-state index contributed by atoms with van der Waals surface area (Å²) in [5.74, 6) is 1.54. The number of rotatable bonds is 6. The monoisotopic (exact) mass is 285 g/mol. The Balaban J connectivity index is 2.13. The third-order valence-corrected chi connectivity index (χ3v) is 3.57. The molecule has 0 bridgehead atoms. The Bertz CT molecular complexity index is 608. The van der Waals surface area contributed by atoms with Crippen molar-refractivity contribution in [2.75, 3.05) is 14.2 Å². The number of ether oxygens (including phenoxy) is 2. The number of aryl methyl sites for hydroxylation is 2. The zero-order valence-electron chi connectivity index (χ0n) is 13.2. The van der Waals surface area contributed by atoms with Crippen LogP contribution in [0.4, 0.5) is 0 Å². The molecule has 0 atom stereocenters. The van der Waals surface area contributed by atoms with Crippen LogP contribution in [0.3, 0.4) is 0 Å². The normalized spacial score (nSPS) is 10.5. The van der Waals surface area contributed by atoms with Crippen LogP contribution in [0.1, 0.15) is 22.3 Å². The molecule has 0 aromatic heterocycles. The van der Waals surface area contributed by atoms with Gasteiger partial charge in [-0.15, -0.1) is 0 Å². The van der Waals surface area contributed by atoms with Crippen molar-refractivity contribution < 1.29 is 9.47 Å². The standard InChI is InChI=1S/C18H23NO2/c1-13-5-6-16(9-14(13)2)12-21-18-10-15(11-19-3)7-8-17(18)20-4/h5-10,19H,11-12H2,1-4H3. The minimum Gasteiger partial charge on any atom is -0.493 e. The minimum absolute atomic E-state index is 0.542. The summed E-state index contributed by atoms with van der Waals surface area (Å²) in [5, 5.41) is 3.14. The van der Waals surface area contributed by atoms with Gasteiger partial charge in [0.2, 0.25) is 0 Å². The van der Waals surface area contributed by atoms with E-state index in [0.29, 0.717) is 6.61 Å². The Morgan fingerprint density at radius 2 is 1.67 bits per heavy atom. The molecule has 0 aliphatic heterocycles. The molecule has 0 aliphatic rings. The van der Waals surface area contributed by atoms with Gasteiger partial charge in [-0.05, 0) is 55.3 Å². The topological polar surface area (TPSA) is 30.5 Å². The molecule has 2 rings (SSSR count). The van der Waals surface area contributed by atoms with E-state index in [1.807, 2.05) is 25.2 Å². The van der Waals surface area contributed by atoms with Gasteiger partial charge in [-0.2, -0.15) is 0 Å². The second kappa shape index (κ2) is 7.14. The summed E-state index contributed by atoms with van der Waals surface area (Å²) in [7, 11) is 3.59. The highest BCUT2D eigenvalue weighted by atomic mass is 16.5. The van der Waals surface area contributed by atoms with Crippen LogP contribution >= 0.6 is 0 Å². The molecule has 1 N–H and O–H groups in total. The molecule has 2 aromatic carbocycles. The Morgan fingerprint density at radius 3 is 2.33 bits per heavy atom. The van der Waals surface area contributed by atoms with Gasteiger partial charge in [0.25, 0.3) is 0 Å². The lowest BCUT2D eigenvalue weighted by atomic mass is 10.1. The van der Waals surface area contributed by atoms with E-state index < -0.39 is 0 Å². The van der Waals surface area contributed by atoms with E-state index in [0.717, 1.165) is 18.0 Å². The van der Waals surface area contributed by atoms with Gasteiger partial charge in [0, 0.05) is 6.54 Å². The first-order valence-electron chi connectivity index (χ1n) is 7.14. The molecule has 3 nitrogen and oxygen atoms in total. The van der Waals surface area contributed by atoms with E-state index in [1.165, 1.54) is 22.3 Å². The minimum atomic E-state index is 0.542. The Kier molecular flexibility index (Phi) is 5.23. The summed E-state index contributed by atoms with van der Waals surface area (Å²) in [5.41, 5.74) is 4.92. The number of methoxy groups -OCH3 is 1. The van der Waals surface area contributed by atoms with Crippen molar-refractivity contribution in [2.24, 2.45) is 0 Å². The summed E-state index contributed by atoms with van der Waals surface area (Å²) in [6.07, 6.45) is 0. The maximum absolute atomic E-state index is 5.94. The van der Waals surface area contributed by atoms with E-state index in [9.17, 15) is 0 Å². The molecule has 0 saturated carbocycles. The number of nitrogens with one attached hydrogen (secondary N) is 1. The maximum atomic E-state index is 5.94. The van der Waals surface area contributed by atoms with Gasteiger partial charge >= 0.3 is 0 Å². The summed E-state index contributed by atoms with van der Waals surface area (Å²) in [6.45, 7) is 5.58. The van der Waals surface area contributed by atoms with Gasteiger partial charge in [0.1, 0.15) is 6.61 Å². The van der Waals surface area contributed by atoms with E-state index in [2.05, 4.69) is 37.4 Å². The van der Waals surface area contributed by atoms with Gasteiger partial charge in [-0.25, -0.2) is 0 Å². The van der Waals surface area contributed by atoms with Crippen molar-refractivity contribution in [3.8, 4) is 11.5 Å². The van der Waals surface area contributed by atoms with Gasteiger partial charge in [0.05, 0.1) is 7.11 Å². The van der Waals surface area contributed by atoms with Crippen LogP contribution < -0.4 is 14.8 Å². The molecule has 21 heavy (non-hydrogen) atoms. The number of hydrogen-bond acceptors (Lipinski definition) is 3. The fourth-order valence-corrected chi connectivity index (χ4v) is 2.20. The third-order valence-electron chi connectivity index (χ3n) is 3.57. The second-order valence-electron chi connectivity index (χ2n) is 5.22. The first kappa shape index (κ1) is 15.4. The number of benzene rings is 2. The van der Waals surface area contributed by atoms with E-state index in [-0.39, 0.29) is 0 Å². The summed E-state index contributed by atoms with van der Waals surface area (Å²) in [4.78, 5) is 0. The van der Waals surface area contributed by atoms with Crippen molar-refractivity contribution in [1.82, 2.24) is 5.32 Å². The van der Waals surface area contributed by atoms with Gasteiger partial charge < -0.3 is 14.8 Å². The summed E-state index contributed by atoms with van der Waals surface area (Å²) < 4.78 is 11.3. The van der Waals surface area contributed by atoms with E-state index in [1.54, 1.807) is 7.11 Å². The predicted octanol–water partition coefficient (Wildman–Crippen LogP) is 3.61. The van der Waals surface area contributed by atoms with Crippen LogP contribution in [-0.2, 0) is 13.2 Å². The highest BCUT2D eigenvalue weighted by molar-refractivity contribution is 5.43. The van der Waals surface area contributed by atoms with Crippen LogP contribution in [0.15, 0.2) is 36.4 Å². The smallest absolute Gasteiger partial charge is 0.161 e. The molecule has 0 heterocycles. The van der Waals surface area contributed by atoms with Crippen molar-refractivity contribution in [2.45, 2.75) is 27.0 Å². The average molecular weight is 285 g/mol. The SMILES string of the molecule is CNCc1ccc(OC)c(OCc2ccc(C)c(C)c2)c1. The molecule has 2 aromatic rings. The zero-order chi connectivity index (χ0) is 15.2. The van der Waals surface area contributed by atoms with Crippen LogP contribution in [0.5, 0.6) is 11.5 Å². The lowest BCUT2D eigenvalue weighted by Crippen LogP contribution is -2.06. The molecule has 0 amide bonds. The fourth-order valence-electron chi connectivity index (χ4n) is 2.20. The molecular weight excluding hydrogens is 262 g/mol. The molecule has 0 radical (unpaired) electrons. The largest absolute Gasteiger partial charge is 0.493 e. The van der Waals surface area contributed by atoms with Crippen LogP contribution in [-0.4, -0.2) is 14.2 Å². The lowest BCUT2D eigenvalue weighted by molar-refractivity contribution is 0.284. The highest BCUT2D eigenvalue weighted by Gasteiger charge is 2.06. The molecule has 0 saturated heterocycles. The van der Waals surface area contributed by atoms with Gasteiger partial charge in [0.15, 0.2) is 11.5 Å². The number of hydrogen-bond donors (Lipinski definition) is 1. The van der Waals surface area contributed by atoms with Crippen molar-refractivity contribution in [3.63, 3.8) is 0 Å². The Hall–Kier alpha value is -2.00. The summed E-state index contributed by atoms with van der Waals surface area (Å²) in [6, 6.07) is 12.4. The van der Waals surface area contributed by atoms with Crippen molar-refractivity contribution in [1.29, 1.82) is 0 Å². The predicted molar refractivity (Wildman–Crippen MR) is 86.0 cm³/mol. The molecule has 0 unspecified atom stereocenters. The third kappa shape index (κ3) is 3.99. The molecule has 3 heteroatoms. The lowest BCUT2D eigenvalue weighted by Gasteiger charge is -2.13. The molecular formula is C18H23NO2. The first-order valence-corrected chi connectivity index (χ1v) is 7.14. The van der Waals surface area contributed by atoms with Gasteiger partial charge in [-0.1, -0.05) is 24.3 Å². The highest BCUT2D eigenvalue weighted by Crippen LogP contribution is 2.29. The van der Waals surface area contributed by atoms with Gasteiger partial charge in [-0.3, -0.25) is 0 Å². The maximum Gasteiger partial charge on any atom is 0.161 e. The Morgan fingerprint density at radius 1 is 0.905 bits per heavy atom. The van der Waals surface area contributed by atoms with Crippen LogP contribution in [0.25, 0.3) is 0 Å². The van der Waals surface area contributed by atoms with Crippen molar-refractivity contribution >= 4 is 0 Å². The second-order valence-corrected chi connectivity index (χ2v) is 5.22. The molecule has 0 spiro atoms. The van der Waals surface area contributed by atoms with Crippen molar-refractivity contribution in [3.05, 3.63) is 58.7 Å². The average Bonchev–Trinajstić information content (AvgIpc) is 2.49. The van der Waals surface area contributed by atoms with Crippen LogP contribution in [0, 0.1) is 13.8 Å². The fraction of sp³-hybridized carbons (Fsp3) is 0.333.